The molecule has 0 saturated carbocycles. The Labute approximate surface area is 231 Å². The van der Waals surface area contributed by atoms with Gasteiger partial charge in [-0.1, -0.05) is 74.5 Å². The summed E-state index contributed by atoms with van der Waals surface area (Å²) >= 11 is 5.53. The van der Waals surface area contributed by atoms with Crippen molar-refractivity contribution in [1.29, 1.82) is 0 Å². The first kappa shape index (κ1) is 29.1. The molecule has 0 unspecified atom stereocenters. The summed E-state index contributed by atoms with van der Waals surface area (Å²) in [5, 5.41) is 0.546. The van der Waals surface area contributed by atoms with E-state index >= 15 is 4.39 Å². The van der Waals surface area contributed by atoms with Gasteiger partial charge in [0.15, 0.2) is 0 Å². The van der Waals surface area contributed by atoms with Crippen molar-refractivity contribution in [3.8, 4) is 0 Å². The molecule has 6 heteroatoms. The first-order valence-corrected chi connectivity index (χ1v) is 13.9. The quantitative estimate of drug-likeness (QED) is 0.0921. The van der Waals surface area contributed by atoms with Gasteiger partial charge in [-0.2, -0.15) is 0 Å². The summed E-state index contributed by atoms with van der Waals surface area (Å²) in [6.07, 6.45) is 7.26. The molecule has 4 rings (SSSR count). The molecule has 39 heavy (non-hydrogen) atoms. The SMILES string of the molecule is CCCCCCCc1cc(F)c(CCc2ccc3c(F)c(CCc4cc(F)c(Cl)c(F)c4)ccc3c2)c(F)c1. The average Bonchev–Trinajstić information content (AvgIpc) is 2.90. The molecule has 0 saturated heterocycles. The van der Waals surface area contributed by atoms with E-state index in [1.165, 1.54) is 18.6 Å². The van der Waals surface area contributed by atoms with Gasteiger partial charge in [0, 0.05) is 10.9 Å². The number of unbranched alkanes of at least 4 members (excludes halogenated alkanes) is 4. The van der Waals surface area contributed by atoms with Crippen LogP contribution in [-0.4, -0.2) is 0 Å². The van der Waals surface area contributed by atoms with Crippen molar-refractivity contribution in [3.05, 3.63) is 117 Å². The third-order valence-corrected chi connectivity index (χ3v) is 7.62. The van der Waals surface area contributed by atoms with Gasteiger partial charge in [0.05, 0.1) is 0 Å². The largest absolute Gasteiger partial charge is 0.207 e. The Morgan fingerprint density at radius 3 is 1.87 bits per heavy atom. The molecule has 0 N–H and O–H groups in total. The summed E-state index contributed by atoms with van der Waals surface area (Å²) in [5.41, 5.74) is 2.43. The van der Waals surface area contributed by atoms with E-state index in [-0.39, 0.29) is 24.8 Å². The number of fused-ring (bicyclic) bond motifs is 1. The molecule has 0 bridgehead atoms. The van der Waals surface area contributed by atoms with E-state index in [1.54, 1.807) is 24.3 Å². The van der Waals surface area contributed by atoms with Gasteiger partial charge in [-0.25, -0.2) is 22.0 Å². The Bertz CT molecular complexity index is 1400. The molecule has 0 aliphatic heterocycles. The van der Waals surface area contributed by atoms with Crippen molar-refractivity contribution in [1.82, 2.24) is 0 Å². The topological polar surface area (TPSA) is 0 Å². The number of rotatable bonds is 12. The van der Waals surface area contributed by atoms with Crippen LogP contribution in [0.3, 0.4) is 0 Å². The van der Waals surface area contributed by atoms with Crippen LogP contribution in [0.25, 0.3) is 10.8 Å². The van der Waals surface area contributed by atoms with Gasteiger partial charge in [-0.15, -0.1) is 0 Å². The zero-order chi connectivity index (χ0) is 27.9. The van der Waals surface area contributed by atoms with Crippen LogP contribution in [0.15, 0.2) is 54.6 Å². The van der Waals surface area contributed by atoms with Crippen LogP contribution in [0.5, 0.6) is 0 Å². The van der Waals surface area contributed by atoms with Gasteiger partial charge >= 0.3 is 0 Å². The van der Waals surface area contributed by atoms with E-state index in [4.69, 9.17) is 11.6 Å². The lowest BCUT2D eigenvalue weighted by atomic mass is 9.96. The molecule has 4 aromatic carbocycles. The molecule has 0 heterocycles. The van der Waals surface area contributed by atoms with E-state index < -0.39 is 34.1 Å². The predicted molar refractivity (Wildman–Crippen MR) is 149 cm³/mol. The molecule has 0 aliphatic carbocycles. The second-order valence-corrected chi connectivity index (χ2v) is 10.5. The first-order valence-electron chi connectivity index (χ1n) is 13.6. The number of aryl methyl sites for hydroxylation is 4. The van der Waals surface area contributed by atoms with Crippen LogP contribution in [0, 0.1) is 29.1 Å². The molecular weight excluding hydrogens is 527 g/mol. The second kappa shape index (κ2) is 13.4. The Morgan fingerprint density at radius 1 is 0.564 bits per heavy atom. The van der Waals surface area contributed by atoms with E-state index in [9.17, 15) is 17.6 Å². The molecule has 0 atom stereocenters. The molecule has 0 amide bonds. The summed E-state index contributed by atoms with van der Waals surface area (Å²) in [5.74, 6) is -3.11. The Morgan fingerprint density at radius 2 is 1.18 bits per heavy atom. The lowest BCUT2D eigenvalue weighted by molar-refractivity contribution is 0.549. The van der Waals surface area contributed by atoms with Crippen molar-refractivity contribution < 1.29 is 22.0 Å². The van der Waals surface area contributed by atoms with E-state index in [1.807, 2.05) is 6.07 Å². The van der Waals surface area contributed by atoms with E-state index in [2.05, 4.69) is 6.92 Å². The van der Waals surface area contributed by atoms with Crippen LogP contribution in [-0.2, 0) is 32.1 Å². The number of hydrogen-bond acceptors (Lipinski definition) is 0. The highest BCUT2D eigenvalue weighted by atomic mass is 35.5. The van der Waals surface area contributed by atoms with E-state index in [0.717, 1.165) is 43.4 Å². The van der Waals surface area contributed by atoms with Crippen molar-refractivity contribution in [2.75, 3.05) is 0 Å². The van der Waals surface area contributed by atoms with Crippen LogP contribution in [0.2, 0.25) is 5.02 Å². The average molecular weight is 559 g/mol. The lowest BCUT2D eigenvalue weighted by Gasteiger charge is -2.11. The molecule has 206 valence electrons. The highest BCUT2D eigenvalue weighted by Crippen LogP contribution is 2.26. The van der Waals surface area contributed by atoms with Gasteiger partial charge in [0.25, 0.3) is 0 Å². The normalized spacial score (nSPS) is 11.5. The fourth-order valence-corrected chi connectivity index (χ4v) is 5.12. The van der Waals surface area contributed by atoms with Gasteiger partial charge in [0.1, 0.15) is 34.1 Å². The lowest BCUT2D eigenvalue weighted by Crippen LogP contribution is -2.02. The van der Waals surface area contributed by atoms with Gasteiger partial charge < -0.3 is 0 Å². The Hall–Kier alpha value is -2.92. The zero-order valence-corrected chi connectivity index (χ0v) is 22.8. The molecule has 0 aliphatic rings. The van der Waals surface area contributed by atoms with Crippen molar-refractivity contribution in [3.63, 3.8) is 0 Å². The third kappa shape index (κ3) is 7.39. The molecule has 0 fully saturated rings. The number of hydrogen-bond donors (Lipinski definition) is 0. The minimum atomic E-state index is -0.841. The van der Waals surface area contributed by atoms with Crippen LogP contribution < -0.4 is 0 Å². The number of halogens is 6. The molecule has 0 radical (unpaired) electrons. The summed E-state index contributed by atoms with van der Waals surface area (Å²) in [6.45, 7) is 2.15. The Kier molecular flexibility index (Phi) is 10.0. The first-order chi connectivity index (χ1) is 18.8. The maximum atomic E-state index is 15.2. The predicted octanol–water partition coefficient (Wildman–Crippen LogP) is 10.3. The second-order valence-electron chi connectivity index (χ2n) is 10.2. The molecule has 0 aromatic heterocycles. The maximum Gasteiger partial charge on any atom is 0.145 e. The van der Waals surface area contributed by atoms with Crippen LogP contribution in [0.1, 0.15) is 66.8 Å². The smallest absolute Gasteiger partial charge is 0.145 e. The third-order valence-electron chi connectivity index (χ3n) is 7.26. The maximum absolute atomic E-state index is 15.2. The van der Waals surface area contributed by atoms with Gasteiger partial charge in [-0.05, 0) is 90.4 Å². The van der Waals surface area contributed by atoms with Crippen molar-refractivity contribution in [2.45, 2.75) is 71.1 Å². The minimum absolute atomic E-state index is 0.0708. The summed E-state index contributed by atoms with van der Waals surface area (Å²) in [6, 6.07) is 13.9. The fourth-order valence-electron chi connectivity index (χ4n) is 5.01. The summed E-state index contributed by atoms with van der Waals surface area (Å²) in [7, 11) is 0. The minimum Gasteiger partial charge on any atom is -0.207 e. The van der Waals surface area contributed by atoms with Gasteiger partial charge in [-0.3, -0.25) is 0 Å². The molecule has 0 spiro atoms. The van der Waals surface area contributed by atoms with Crippen LogP contribution >= 0.6 is 11.6 Å². The molecule has 4 aromatic rings. The summed E-state index contributed by atoms with van der Waals surface area (Å²) in [4.78, 5) is 0. The highest BCUT2D eigenvalue weighted by molar-refractivity contribution is 6.30. The monoisotopic (exact) mass is 558 g/mol. The van der Waals surface area contributed by atoms with Crippen LogP contribution in [0.4, 0.5) is 22.0 Å². The summed E-state index contributed by atoms with van der Waals surface area (Å²) < 4.78 is 72.1. The van der Waals surface area contributed by atoms with Crippen molar-refractivity contribution >= 4 is 22.4 Å². The highest BCUT2D eigenvalue weighted by Gasteiger charge is 2.14. The number of benzene rings is 4. The zero-order valence-electron chi connectivity index (χ0n) is 22.0. The Balaban J connectivity index is 1.40. The van der Waals surface area contributed by atoms with Gasteiger partial charge in [0.2, 0.25) is 0 Å². The standard InChI is InChI=1S/C33H32ClF5/c1-2-3-4-5-6-7-22-17-28(35)27(29(36)18-22)15-10-21-9-14-26-25(16-21)13-12-24(33(26)39)11-8-23-19-30(37)32(34)31(38)20-23/h9,12-14,16-20H,2-8,10-11,15H2,1H3. The van der Waals surface area contributed by atoms with E-state index in [0.29, 0.717) is 40.3 Å². The molecular formula is C33H32ClF5. The fraction of sp³-hybridized carbons (Fsp3) is 0.333. The molecule has 0 nitrogen and oxygen atoms in total. The van der Waals surface area contributed by atoms with Crippen molar-refractivity contribution in [2.24, 2.45) is 0 Å².